The van der Waals surface area contributed by atoms with Crippen molar-refractivity contribution >= 4 is 0 Å². The Morgan fingerprint density at radius 2 is 1.67 bits per heavy atom. The molecule has 1 rings (SSSR count). The van der Waals surface area contributed by atoms with Gasteiger partial charge in [0.05, 0.1) is 0 Å². The summed E-state index contributed by atoms with van der Waals surface area (Å²) in [4.78, 5) is 2.68. The maximum atomic E-state index is 3.41. The van der Waals surface area contributed by atoms with E-state index in [2.05, 4.69) is 51.9 Å². The molecule has 1 saturated heterocycles. The van der Waals surface area contributed by atoms with E-state index in [1.807, 2.05) is 0 Å². The number of nitrogens with one attached hydrogen (secondary N) is 1. The highest BCUT2D eigenvalue weighted by Gasteiger charge is 2.34. The minimum Gasteiger partial charge on any atom is -0.317 e. The lowest BCUT2D eigenvalue weighted by molar-refractivity contribution is 0.0603. The van der Waals surface area contributed by atoms with E-state index in [0.29, 0.717) is 16.9 Å². The van der Waals surface area contributed by atoms with Crippen LogP contribution in [0.4, 0.5) is 0 Å². The summed E-state index contributed by atoms with van der Waals surface area (Å²) in [5.74, 6) is 0. The van der Waals surface area contributed by atoms with Crippen LogP contribution >= 0.6 is 0 Å². The summed E-state index contributed by atoms with van der Waals surface area (Å²) < 4.78 is 0. The van der Waals surface area contributed by atoms with Gasteiger partial charge in [-0.15, -0.1) is 0 Å². The fraction of sp³-hybridized carbons (Fsp3) is 1.00. The molecule has 1 heterocycles. The molecule has 0 aliphatic carbocycles. The van der Waals surface area contributed by atoms with Crippen LogP contribution in [-0.4, -0.2) is 37.6 Å². The predicted octanol–water partition coefficient (Wildman–Crippen LogP) is 3.52. The van der Waals surface area contributed by atoms with Crippen LogP contribution < -0.4 is 5.32 Å². The molecule has 18 heavy (non-hydrogen) atoms. The van der Waals surface area contributed by atoms with Gasteiger partial charge in [0.25, 0.3) is 0 Å². The normalized spacial score (nSPS) is 23.0. The van der Waals surface area contributed by atoms with Gasteiger partial charge in [0, 0.05) is 12.6 Å². The fourth-order valence-electron chi connectivity index (χ4n) is 3.25. The SMILES string of the molecule is CCC1(CC)CCN(CC(C)(C)C(C)NC)CC1. The van der Waals surface area contributed by atoms with Gasteiger partial charge in [-0.3, -0.25) is 0 Å². The summed E-state index contributed by atoms with van der Waals surface area (Å²) >= 11 is 0. The average molecular weight is 254 g/mol. The van der Waals surface area contributed by atoms with Crippen molar-refractivity contribution < 1.29 is 0 Å². The van der Waals surface area contributed by atoms with Crippen LogP contribution in [0.15, 0.2) is 0 Å². The van der Waals surface area contributed by atoms with E-state index in [0.717, 1.165) is 0 Å². The molecular formula is C16H34N2. The van der Waals surface area contributed by atoms with Crippen LogP contribution in [0.2, 0.25) is 0 Å². The van der Waals surface area contributed by atoms with Crippen LogP contribution in [0.25, 0.3) is 0 Å². The zero-order valence-corrected chi connectivity index (χ0v) is 13.5. The molecule has 1 aliphatic heterocycles. The van der Waals surface area contributed by atoms with E-state index in [4.69, 9.17) is 0 Å². The third-order valence-electron chi connectivity index (χ3n) is 5.65. The maximum absolute atomic E-state index is 3.41. The molecule has 0 radical (unpaired) electrons. The van der Waals surface area contributed by atoms with E-state index < -0.39 is 0 Å². The standard InChI is InChI=1S/C16H34N2/c1-7-16(8-2)9-11-18(12-10-16)13-15(4,5)14(3)17-6/h14,17H,7-13H2,1-6H3. The fourth-order valence-corrected chi connectivity index (χ4v) is 3.25. The Balaban J connectivity index is 2.49. The molecular weight excluding hydrogens is 220 g/mol. The Hall–Kier alpha value is -0.0800. The second-order valence-electron chi connectivity index (χ2n) is 6.98. The minimum atomic E-state index is 0.354. The van der Waals surface area contributed by atoms with Gasteiger partial charge < -0.3 is 10.2 Å². The first-order valence-electron chi connectivity index (χ1n) is 7.79. The number of hydrogen-bond acceptors (Lipinski definition) is 2. The molecule has 2 heteroatoms. The summed E-state index contributed by atoms with van der Waals surface area (Å²) in [7, 11) is 2.07. The lowest BCUT2D eigenvalue weighted by Gasteiger charge is -2.44. The average Bonchev–Trinajstić information content (AvgIpc) is 2.38. The topological polar surface area (TPSA) is 15.3 Å². The van der Waals surface area contributed by atoms with E-state index >= 15 is 0 Å². The van der Waals surface area contributed by atoms with Gasteiger partial charge in [0.2, 0.25) is 0 Å². The molecule has 0 aromatic carbocycles. The first-order valence-corrected chi connectivity index (χ1v) is 7.79. The number of piperidine rings is 1. The monoisotopic (exact) mass is 254 g/mol. The number of likely N-dealkylation sites (tertiary alicyclic amines) is 1. The predicted molar refractivity (Wildman–Crippen MR) is 81.0 cm³/mol. The summed E-state index contributed by atoms with van der Waals surface area (Å²) in [5.41, 5.74) is 1.00. The van der Waals surface area contributed by atoms with Gasteiger partial charge in [0.15, 0.2) is 0 Å². The Morgan fingerprint density at radius 3 is 2.06 bits per heavy atom. The second kappa shape index (κ2) is 6.38. The molecule has 1 N–H and O–H groups in total. The quantitative estimate of drug-likeness (QED) is 0.780. The molecule has 108 valence electrons. The van der Waals surface area contributed by atoms with Crippen LogP contribution in [0.1, 0.15) is 60.3 Å². The van der Waals surface area contributed by atoms with Gasteiger partial charge in [-0.1, -0.05) is 40.5 Å². The highest BCUT2D eigenvalue weighted by atomic mass is 15.1. The Morgan fingerprint density at radius 1 is 1.17 bits per heavy atom. The molecule has 1 unspecified atom stereocenters. The van der Waals surface area contributed by atoms with Crippen molar-refractivity contribution in [2.24, 2.45) is 10.8 Å². The summed E-state index contributed by atoms with van der Waals surface area (Å²) in [6, 6.07) is 0.571. The maximum Gasteiger partial charge on any atom is 0.00991 e. The highest BCUT2D eigenvalue weighted by Crippen LogP contribution is 2.38. The molecule has 1 fully saturated rings. The Kier molecular flexibility index (Phi) is 5.67. The zero-order valence-electron chi connectivity index (χ0n) is 13.5. The van der Waals surface area contributed by atoms with Crippen molar-refractivity contribution in [1.82, 2.24) is 10.2 Å². The van der Waals surface area contributed by atoms with Crippen molar-refractivity contribution in [2.75, 3.05) is 26.7 Å². The molecule has 0 amide bonds. The van der Waals surface area contributed by atoms with E-state index in [9.17, 15) is 0 Å². The van der Waals surface area contributed by atoms with Crippen molar-refractivity contribution in [2.45, 2.75) is 66.3 Å². The van der Waals surface area contributed by atoms with Crippen LogP contribution in [-0.2, 0) is 0 Å². The lowest BCUT2D eigenvalue weighted by Crippen LogP contribution is -2.49. The Labute approximate surface area is 115 Å². The van der Waals surface area contributed by atoms with E-state index in [1.165, 1.54) is 45.3 Å². The third-order valence-corrected chi connectivity index (χ3v) is 5.65. The second-order valence-corrected chi connectivity index (χ2v) is 6.98. The number of rotatable bonds is 6. The molecule has 0 saturated carbocycles. The molecule has 0 aromatic heterocycles. The van der Waals surface area contributed by atoms with Crippen molar-refractivity contribution in [3.05, 3.63) is 0 Å². The van der Waals surface area contributed by atoms with Gasteiger partial charge in [-0.25, -0.2) is 0 Å². The first kappa shape index (κ1) is 16.0. The summed E-state index contributed by atoms with van der Waals surface area (Å²) in [6.07, 6.45) is 5.50. The van der Waals surface area contributed by atoms with Crippen LogP contribution in [0, 0.1) is 10.8 Å². The van der Waals surface area contributed by atoms with Crippen molar-refractivity contribution in [3.63, 3.8) is 0 Å². The summed E-state index contributed by atoms with van der Waals surface area (Å²) in [5, 5.41) is 3.41. The third kappa shape index (κ3) is 3.71. The lowest BCUT2D eigenvalue weighted by atomic mass is 9.73. The van der Waals surface area contributed by atoms with Crippen LogP contribution in [0.5, 0.6) is 0 Å². The van der Waals surface area contributed by atoms with Crippen molar-refractivity contribution in [1.29, 1.82) is 0 Å². The number of hydrogen-bond donors (Lipinski definition) is 1. The first-order chi connectivity index (χ1) is 8.39. The molecule has 1 aliphatic rings. The van der Waals surface area contributed by atoms with Crippen LogP contribution in [0.3, 0.4) is 0 Å². The minimum absolute atomic E-state index is 0.354. The van der Waals surface area contributed by atoms with E-state index in [-0.39, 0.29) is 0 Å². The van der Waals surface area contributed by atoms with E-state index in [1.54, 1.807) is 0 Å². The Bertz CT molecular complexity index is 233. The number of nitrogens with zero attached hydrogens (tertiary/aromatic N) is 1. The van der Waals surface area contributed by atoms with Gasteiger partial charge in [0.1, 0.15) is 0 Å². The van der Waals surface area contributed by atoms with Crippen molar-refractivity contribution in [3.8, 4) is 0 Å². The molecule has 0 bridgehead atoms. The molecule has 0 spiro atoms. The largest absolute Gasteiger partial charge is 0.317 e. The summed E-state index contributed by atoms with van der Waals surface area (Å²) in [6.45, 7) is 15.6. The molecule has 0 aromatic rings. The van der Waals surface area contributed by atoms with Gasteiger partial charge in [-0.2, -0.15) is 0 Å². The van der Waals surface area contributed by atoms with Gasteiger partial charge >= 0.3 is 0 Å². The highest BCUT2D eigenvalue weighted by molar-refractivity contribution is 4.88. The molecule has 2 nitrogen and oxygen atoms in total. The smallest absolute Gasteiger partial charge is 0.00991 e. The molecule has 1 atom stereocenters. The zero-order chi connectivity index (χ0) is 13.8. The van der Waals surface area contributed by atoms with Gasteiger partial charge in [-0.05, 0) is 50.7 Å².